The number of carbonyl (C=O) groups is 3. The van der Waals surface area contributed by atoms with Gasteiger partial charge >= 0.3 is 6.09 Å². The van der Waals surface area contributed by atoms with E-state index in [1.165, 1.54) is 30.0 Å². The number of benzene rings is 1. The number of anilines is 1. The Morgan fingerprint density at radius 1 is 1.36 bits per heavy atom. The van der Waals surface area contributed by atoms with Crippen LogP contribution >= 0.6 is 0 Å². The predicted molar refractivity (Wildman–Crippen MR) is 77.7 cm³/mol. The number of ether oxygens (including phenoxy) is 1. The Balaban J connectivity index is 2.52. The van der Waals surface area contributed by atoms with Gasteiger partial charge in [0.25, 0.3) is 0 Å². The van der Waals surface area contributed by atoms with E-state index in [1.54, 1.807) is 13.1 Å². The molecule has 0 spiro atoms. The van der Waals surface area contributed by atoms with Crippen molar-refractivity contribution in [3.8, 4) is 0 Å². The van der Waals surface area contributed by atoms with Gasteiger partial charge in [0.2, 0.25) is 11.8 Å². The van der Waals surface area contributed by atoms with E-state index in [-0.39, 0.29) is 6.54 Å². The summed E-state index contributed by atoms with van der Waals surface area (Å²) in [6, 6.07) is 4.75. The van der Waals surface area contributed by atoms with E-state index >= 15 is 0 Å². The summed E-state index contributed by atoms with van der Waals surface area (Å²) < 4.78 is 17.3. The topological polar surface area (TPSA) is 87.7 Å². The highest BCUT2D eigenvalue weighted by Crippen LogP contribution is 2.09. The third-order valence-corrected chi connectivity index (χ3v) is 2.95. The van der Waals surface area contributed by atoms with Crippen molar-refractivity contribution in [1.29, 1.82) is 0 Å². The van der Waals surface area contributed by atoms with E-state index in [1.807, 2.05) is 5.32 Å². The van der Waals surface area contributed by atoms with E-state index < -0.39 is 29.8 Å². The number of carbonyl (C=O) groups excluding carboxylic acids is 3. The summed E-state index contributed by atoms with van der Waals surface area (Å²) in [7, 11) is 2.69. The molecule has 1 aromatic rings. The number of nitrogens with zero attached hydrogens (tertiary/aromatic N) is 1. The molecule has 0 aliphatic carbocycles. The molecule has 0 aliphatic rings. The van der Waals surface area contributed by atoms with Crippen LogP contribution in [0.3, 0.4) is 0 Å². The molecule has 1 rings (SSSR count). The highest BCUT2D eigenvalue weighted by atomic mass is 19.1. The van der Waals surface area contributed by atoms with Crippen LogP contribution in [0.2, 0.25) is 0 Å². The molecule has 8 heteroatoms. The zero-order chi connectivity index (χ0) is 16.7. The van der Waals surface area contributed by atoms with Gasteiger partial charge in [-0.15, -0.1) is 0 Å². The monoisotopic (exact) mass is 311 g/mol. The van der Waals surface area contributed by atoms with Crippen molar-refractivity contribution in [2.45, 2.75) is 13.0 Å². The number of hydrogen-bond acceptors (Lipinski definition) is 5. The third-order valence-electron chi connectivity index (χ3n) is 2.95. The minimum atomic E-state index is -0.866. The first kappa shape index (κ1) is 17.6. The molecule has 2 N–H and O–H groups in total. The van der Waals surface area contributed by atoms with Crippen molar-refractivity contribution in [3.63, 3.8) is 0 Å². The van der Waals surface area contributed by atoms with E-state index in [0.29, 0.717) is 5.69 Å². The summed E-state index contributed by atoms with van der Waals surface area (Å²) in [4.78, 5) is 35.9. The molecule has 0 aromatic heterocycles. The smallest absolute Gasteiger partial charge is 0.413 e. The number of likely N-dealkylation sites (N-methyl/N-ethyl adjacent to an activating group) is 1. The van der Waals surface area contributed by atoms with Gasteiger partial charge in [0.1, 0.15) is 5.82 Å². The minimum Gasteiger partial charge on any atom is -0.453 e. The first-order valence-electron chi connectivity index (χ1n) is 6.48. The average molecular weight is 311 g/mol. The van der Waals surface area contributed by atoms with Crippen molar-refractivity contribution in [2.24, 2.45) is 0 Å². The largest absolute Gasteiger partial charge is 0.453 e. The van der Waals surface area contributed by atoms with Crippen LogP contribution in [0.25, 0.3) is 0 Å². The highest BCUT2D eigenvalue weighted by molar-refractivity contribution is 5.96. The van der Waals surface area contributed by atoms with Crippen LogP contribution in [0.15, 0.2) is 24.3 Å². The van der Waals surface area contributed by atoms with Gasteiger partial charge in [-0.2, -0.15) is 0 Å². The molecule has 1 aromatic carbocycles. The summed E-state index contributed by atoms with van der Waals surface area (Å²) in [5.74, 6) is -1.46. The van der Waals surface area contributed by atoms with Crippen LogP contribution in [0.5, 0.6) is 0 Å². The van der Waals surface area contributed by atoms with Crippen LogP contribution in [0.4, 0.5) is 14.9 Å². The lowest BCUT2D eigenvalue weighted by atomic mass is 10.2. The number of nitrogens with one attached hydrogen (secondary N) is 2. The molecule has 0 saturated carbocycles. The van der Waals surface area contributed by atoms with E-state index in [9.17, 15) is 18.8 Å². The summed E-state index contributed by atoms with van der Waals surface area (Å²) in [6.45, 7) is 1.43. The summed E-state index contributed by atoms with van der Waals surface area (Å²) in [5, 5.41) is 4.53. The number of rotatable bonds is 5. The van der Waals surface area contributed by atoms with Gasteiger partial charge in [0.05, 0.1) is 19.7 Å². The minimum absolute atomic E-state index is 0.105. The van der Waals surface area contributed by atoms with Gasteiger partial charge in [0.15, 0.2) is 0 Å². The molecule has 1 atom stereocenters. The van der Waals surface area contributed by atoms with E-state index in [0.717, 1.165) is 7.11 Å². The fraction of sp³-hybridized carbons (Fsp3) is 0.357. The molecule has 7 nitrogen and oxygen atoms in total. The van der Waals surface area contributed by atoms with Crippen LogP contribution in [-0.4, -0.2) is 49.6 Å². The SMILES string of the molecule is COC(=O)NC(=O)[C@H](C)N(C)CC(=O)Nc1cccc(F)c1. The molecule has 0 fully saturated rings. The van der Waals surface area contributed by atoms with Crippen molar-refractivity contribution in [1.82, 2.24) is 10.2 Å². The lowest BCUT2D eigenvalue weighted by Gasteiger charge is -2.22. The van der Waals surface area contributed by atoms with Crippen LogP contribution in [0.1, 0.15) is 6.92 Å². The van der Waals surface area contributed by atoms with Crippen molar-refractivity contribution < 1.29 is 23.5 Å². The molecule has 120 valence electrons. The van der Waals surface area contributed by atoms with Crippen LogP contribution in [0, 0.1) is 5.82 Å². The number of imide groups is 1. The first-order chi connectivity index (χ1) is 10.3. The standard InChI is InChI=1S/C14H18FN3O4/c1-9(13(20)17-14(21)22-3)18(2)8-12(19)16-11-6-4-5-10(15)7-11/h4-7,9H,8H2,1-3H3,(H,16,19)(H,17,20,21)/t9-/m0/s1. The summed E-state index contributed by atoms with van der Waals surface area (Å²) >= 11 is 0. The molecule has 0 radical (unpaired) electrons. The van der Waals surface area contributed by atoms with E-state index in [2.05, 4.69) is 10.1 Å². The van der Waals surface area contributed by atoms with Gasteiger partial charge in [0, 0.05) is 5.69 Å². The molecule has 22 heavy (non-hydrogen) atoms. The zero-order valence-corrected chi connectivity index (χ0v) is 12.6. The molecular formula is C14H18FN3O4. The van der Waals surface area contributed by atoms with Gasteiger partial charge in [-0.05, 0) is 32.2 Å². The lowest BCUT2D eigenvalue weighted by Crippen LogP contribution is -2.47. The second-order valence-electron chi connectivity index (χ2n) is 4.63. The van der Waals surface area contributed by atoms with Crippen molar-refractivity contribution in [2.75, 3.05) is 26.0 Å². The summed E-state index contributed by atoms with van der Waals surface area (Å²) in [6.07, 6.45) is -0.866. The van der Waals surface area contributed by atoms with Gasteiger partial charge in [-0.1, -0.05) is 6.07 Å². The maximum atomic E-state index is 13.0. The van der Waals surface area contributed by atoms with Gasteiger partial charge in [-0.3, -0.25) is 19.8 Å². The Labute approximate surface area is 127 Å². The number of hydrogen-bond donors (Lipinski definition) is 2. The van der Waals surface area contributed by atoms with Crippen molar-refractivity contribution >= 4 is 23.6 Å². The molecule has 0 saturated heterocycles. The number of alkyl carbamates (subject to hydrolysis) is 1. The Morgan fingerprint density at radius 2 is 2.05 bits per heavy atom. The van der Waals surface area contributed by atoms with Crippen LogP contribution in [-0.2, 0) is 14.3 Å². The highest BCUT2D eigenvalue weighted by Gasteiger charge is 2.22. The summed E-state index contributed by atoms with van der Waals surface area (Å²) in [5.41, 5.74) is 0.324. The number of amides is 3. The molecule has 3 amide bonds. The lowest BCUT2D eigenvalue weighted by molar-refractivity contribution is -0.125. The molecular weight excluding hydrogens is 293 g/mol. The van der Waals surface area contributed by atoms with Gasteiger partial charge in [-0.25, -0.2) is 9.18 Å². The first-order valence-corrected chi connectivity index (χ1v) is 6.48. The normalized spacial score (nSPS) is 11.7. The Kier molecular flexibility index (Phi) is 6.46. The Hall–Kier alpha value is -2.48. The maximum Gasteiger partial charge on any atom is 0.413 e. The molecule has 0 bridgehead atoms. The fourth-order valence-electron chi connectivity index (χ4n) is 1.59. The van der Waals surface area contributed by atoms with Crippen molar-refractivity contribution in [3.05, 3.63) is 30.1 Å². The number of halogens is 1. The van der Waals surface area contributed by atoms with Crippen LogP contribution < -0.4 is 10.6 Å². The average Bonchev–Trinajstić information content (AvgIpc) is 2.45. The second kappa shape index (κ2) is 8.08. The third kappa shape index (κ3) is 5.49. The fourth-order valence-corrected chi connectivity index (χ4v) is 1.59. The molecule has 0 aliphatic heterocycles. The molecule has 0 heterocycles. The molecule has 0 unspecified atom stereocenters. The number of methoxy groups -OCH3 is 1. The second-order valence-corrected chi connectivity index (χ2v) is 4.63. The quantitative estimate of drug-likeness (QED) is 0.846. The van der Waals surface area contributed by atoms with Gasteiger partial charge < -0.3 is 10.1 Å². The Morgan fingerprint density at radius 3 is 2.64 bits per heavy atom. The zero-order valence-electron chi connectivity index (χ0n) is 12.6. The predicted octanol–water partition coefficient (Wildman–Crippen LogP) is 0.967. The van der Waals surface area contributed by atoms with E-state index in [4.69, 9.17) is 0 Å². The Bertz CT molecular complexity index is 565. The maximum absolute atomic E-state index is 13.0.